The highest BCUT2D eigenvalue weighted by Gasteiger charge is 2.22. The molecule has 0 spiro atoms. The second-order valence-corrected chi connectivity index (χ2v) is 3.75. The Morgan fingerprint density at radius 1 is 1.42 bits per heavy atom. The molecule has 0 aliphatic heterocycles. The summed E-state index contributed by atoms with van der Waals surface area (Å²) < 4.78 is 0. The highest BCUT2D eigenvalue weighted by molar-refractivity contribution is 5.69. The van der Waals surface area contributed by atoms with Gasteiger partial charge in [0.15, 0.2) is 0 Å². The molecule has 0 aliphatic carbocycles. The van der Waals surface area contributed by atoms with E-state index in [4.69, 9.17) is 10.8 Å². The van der Waals surface area contributed by atoms with Gasteiger partial charge in [-0.25, -0.2) is 0 Å². The molecule has 0 radical (unpaired) electrons. The Labute approximate surface area is 74.0 Å². The lowest BCUT2D eigenvalue weighted by Gasteiger charge is -2.20. The van der Waals surface area contributed by atoms with E-state index in [1.165, 1.54) is 0 Å². The number of nitrogens with two attached hydrogens (primary N) is 1. The summed E-state index contributed by atoms with van der Waals surface area (Å²) in [6, 6.07) is 0. The molecule has 0 bridgehead atoms. The maximum Gasteiger partial charge on any atom is 0.306 e. The quantitative estimate of drug-likeness (QED) is 0.659. The van der Waals surface area contributed by atoms with Gasteiger partial charge in [-0.05, 0) is 24.8 Å². The van der Waals surface area contributed by atoms with Gasteiger partial charge in [-0.2, -0.15) is 0 Å². The van der Waals surface area contributed by atoms with Gasteiger partial charge in [0.05, 0.1) is 5.92 Å². The minimum Gasteiger partial charge on any atom is -0.481 e. The maximum atomic E-state index is 10.6. The zero-order valence-electron chi connectivity index (χ0n) is 8.08. The van der Waals surface area contributed by atoms with Gasteiger partial charge in [0.2, 0.25) is 0 Å². The largest absolute Gasteiger partial charge is 0.481 e. The Morgan fingerprint density at radius 2 is 1.92 bits per heavy atom. The average Bonchev–Trinajstić information content (AvgIpc) is 1.98. The summed E-state index contributed by atoms with van der Waals surface area (Å²) in [5, 5.41) is 8.74. The van der Waals surface area contributed by atoms with Crippen molar-refractivity contribution in [1.82, 2.24) is 0 Å². The number of hydrogen-bond donors (Lipinski definition) is 2. The van der Waals surface area contributed by atoms with Gasteiger partial charge >= 0.3 is 5.97 Å². The van der Waals surface area contributed by atoms with Gasteiger partial charge in [0.25, 0.3) is 0 Å². The van der Waals surface area contributed by atoms with Crippen LogP contribution in [0.4, 0.5) is 0 Å². The van der Waals surface area contributed by atoms with Crippen molar-refractivity contribution in [2.75, 3.05) is 6.54 Å². The van der Waals surface area contributed by atoms with Crippen LogP contribution in [-0.2, 0) is 4.79 Å². The maximum absolute atomic E-state index is 10.6. The van der Waals surface area contributed by atoms with E-state index in [-0.39, 0.29) is 11.8 Å². The molecule has 3 heteroatoms. The molecule has 0 heterocycles. The van der Waals surface area contributed by atoms with Crippen molar-refractivity contribution in [2.24, 2.45) is 23.5 Å². The summed E-state index contributed by atoms with van der Waals surface area (Å²) in [5.74, 6) is -0.439. The molecule has 0 aromatic rings. The smallest absolute Gasteiger partial charge is 0.306 e. The van der Waals surface area contributed by atoms with Crippen molar-refractivity contribution in [3.63, 3.8) is 0 Å². The Kier molecular flexibility index (Phi) is 4.90. The Balaban J connectivity index is 4.05. The third-order valence-electron chi connectivity index (χ3n) is 2.17. The highest BCUT2D eigenvalue weighted by atomic mass is 16.4. The van der Waals surface area contributed by atoms with E-state index in [2.05, 4.69) is 13.8 Å². The van der Waals surface area contributed by atoms with Gasteiger partial charge in [-0.1, -0.05) is 20.8 Å². The number of hydrogen-bond acceptors (Lipinski definition) is 2. The predicted molar refractivity (Wildman–Crippen MR) is 48.8 cm³/mol. The molecule has 72 valence electrons. The summed E-state index contributed by atoms with van der Waals surface area (Å²) in [7, 11) is 0. The first kappa shape index (κ1) is 11.4. The molecular formula is C9H19NO2. The SMILES string of the molecule is CC(C)C[C@H](CN)[C@H](C)C(=O)O. The first-order valence-corrected chi connectivity index (χ1v) is 4.41. The number of carboxylic acids is 1. The van der Waals surface area contributed by atoms with Crippen molar-refractivity contribution in [1.29, 1.82) is 0 Å². The van der Waals surface area contributed by atoms with Crippen LogP contribution in [0.5, 0.6) is 0 Å². The van der Waals surface area contributed by atoms with Crippen LogP contribution in [0.1, 0.15) is 27.2 Å². The molecule has 0 fully saturated rings. The zero-order valence-corrected chi connectivity index (χ0v) is 8.08. The molecule has 12 heavy (non-hydrogen) atoms. The minimum absolute atomic E-state index is 0.113. The standard InChI is InChI=1S/C9H19NO2/c1-6(2)4-8(5-10)7(3)9(11)12/h6-8H,4-5,10H2,1-3H3,(H,11,12)/t7-,8+/m0/s1. The first-order valence-electron chi connectivity index (χ1n) is 4.41. The fraction of sp³-hybridized carbons (Fsp3) is 0.889. The molecule has 0 amide bonds. The normalized spacial score (nSPS) is 16.1. The first-order chi connectivity index (χ1) is 5.49. The van der Waals surface area contributed by atoms with Crippen molar-refractivity contribution < 1.29 is 9.90 Å². The van der Waals surface area contributed by atoms with E-state index >= 15 is 0 Å². The molecule has 2 atom stereocenters. The van der Waals surface area contributed by atoms with Crippen molar-refractivity contribution in [3.05, 3.63) is 0 Å². The van der Waals surface area contributed by atoms with Gasteiger partial charge in [-0.15, -0.1) is 0 Å². The molecule has 0 saturated carbocycles. The van der Waals surface area contributed by atoms with Crippen LogP contribution >= 0.6 is 0 Å². The van der Waals surface area contributed by atoms with Gasteiger partial charge in [0.1, 0.15) is 0 Å². The zero-order chi connectivity index (χ0) is 9.72. The molecule has 0 aliphatic rings. The van der Waals surface area contributed by atoms with Crippen LogP contribution in [-0.4, -0.2) is 17.6 Å². The lowest BCUT2D eigenvalue weighted by atomic mass is 9.87. The second-order valence-electron chi connectivity index (χ2n) is 3.75. The fourth-order valence-electron chi connectivity index (χ4n) is 1.31. The number of aliphatic carboxylic acids is 1. The Hall–Kier alpha value is -0.570. The predicted octanol–water partition coefficient (Wildman–Crippen LogP) is 1.33. The molecule has 3 nitrogen and oxygen atoms in total. The van der Waals surface area contributed by atoms with E-state index in [0.717, 1.165) is 6.42 Å². The van der Waals surface area contributed by atoms with E-state index in [9.17, 15) is 4.79 Å². The number of carbonyl (C=O) groups is 1. The van der Waals surface area contributed by atoms with Crippen molar-refractivity contribution >= 4 is 5.97 Å². The van der Waals surface area contributed by atoms with Gasteiger partial charge in [-0.3, -0.25) is 4.79 Å². The van der Waals surface area contributed by atoms with Crippen LogP contribution in [0.2, 0.25) is 0 Å². The van der Waals surface area contributed by atoms with Crippen LogP contribution in [0.3, 0.4) is 0 Å². The third-order valence-corrected chi connectivity index (χ3v) is 2.17. The lowest BCUT2D eigenvalue weighted by Crippen LogP contribution is -2.28. The minimum atomic E-state index is -0.744. The van der Waals surface area contributed by atoms with Crippen LogP contribution in [0, 0.1) is 17.8 Å². The van der Waals surface area contributed by atoms with Crippen LogP contribution < -0.4 is 5.73 Å². The van der Waals surface area contributed by atoms with Crippen molar-refractivity contribution in [3.8, 4) is 0 Å². The van der Waals surface area contributed by atoms with Crippen LogP contribution in [0.15, 0.2) is 0 Å². The van der Waals surface area contributed by atoms with E-state index in [1.807, 2.05) is 0 Å². The molecule has 0 rings (SSSR count). The molecule has 3 N–H and O–H groups in total. The molecule has 0 aromatic carbocycles. The van der Waals surface area contributed by atoms with E-state index in [1.54, 1.807) is 6.92 Å². The molecule has 0 aromatic heterocycles. The Bertz CT molecular complexity index is 145. The summed E-state index contributed by atoms with van der Waals surface area (Å²) >= 11 is 0. The number of carboxylic acid groups (broad SMARTS) is 1. The van der Waals surface area contributed by atoms with Crippen LogP contribution in [0.25, 0.3) is 0 Å². The Morgan fingerprint density at radius 3 is 2.17 bits per heavy atom. The van der Waals surface area contributed by atoms with Gasteiger partial charge in [0, 0.05) is 0 Å². The molecular weight excluding hydrogens is 154 g/mol. The topological polar surface area (TPSA) is 63.3 Å². The second kappa shape index (κ2) is 5.14. The van der Waals surface area contributed by atoms with Crippen molar-refractivity contribution in [2.45, 2.75) is 27.2 Å². The summed E-state index contributed by atoms with van der Waals surface area (Å²) in [5.41, 5.74) is 5.50. The van der Waals surface area contributed by atoms with Gasteiger partial charge < -0.3 is 10.8 Å². The average molecular weight is 173 g/mol. The molecule has 0 unspecified atom stereocenters. The third kappa shape index (κ3) is 3.72. The van der Waals surface area contributed by atoms with E-state index < -0.39 is 5.97 Å². The summed E-state index contributed by atoms with van der Waals surface area (Å²) in [6.45, 7) is 6.35. The number of rotatable bonds is 5. The summed E-state index contributed by atoms with van der Waals surface area (Å²) in [4.78, 5) is 10.6. The monoisotopic (exact) mass is 173 g/mol. The fourth-order valence-corrected chi connectivity index (χ4v) is 1.31. The molecule has 0 saturated heterocycles. The lowest BCUT2D eigenvalue weighted by molar-refractivity contribution is -0.143. The highest BCUT2D eigenvalue weighted by Crippen LogP contribution is 2.19. The van der Waals surface area contributed by atoms with E-state index in [0.29, 0.717) is 12.5 Å². The summed E-state index contributed by atoms with van der Waals surface area (Å²) in [6.07, 6.45) is 0.893.